The highest BCUT2D eigenvalue weighted by atomic mass is 19.1. The third-order valence-electron chi connectivity index (χ3n) is 2.38. The van der Waals surface area contributed by atoms with E-state index in [1.54, 1.807) is 4.90 Å². The molecule has 1 rings (SSSR count). The number of hydrogen-bond acceptors (Lipinski definition) is 1. The van der Waals surface area contributed by atoms with Gasteiger partial charge in [0.25, 0.3) is 5.91 Å². The number of hydrogen-bond donors (Lipinski definition) is 0. The fourth-order valence-electron chi connectivity index (χ4n) is 1.71. The Morgan fingerprint density at radius 2 is 1.53 bits per heavy atom. The molecule has 0 saturated heterocycles. The summed E-state index contributed by atoms with van der Waals surface area (Å²) in [5.41, 5.74) is 0.0735. The Balaban J connectivity index is 2.92. The van der Waals surface area contributed by atoms with Crippen LogP contribution in [0.4, 0.5) is 8.78 Å². The molecule has 4 heteroatoms. The van der Waals surface area contributed by atoms with Crippen molar-refractivity contribution in [1.29, 1.82) is 0 Å². The van der Waals surface area contributed by atoms with E-state index in [1.165, 1.54) is 0 Å². The summed E-state index contributed by atoms with van der Waals surface area (Å²) in [6, 6.07) is 2.91. The summed E-state index contributed by atoms with van der Waals surface area (Å²) in [6.07, 6.45) is 1.65. The van der Waals surface area contributed by atoms with Gasteiger partial charge in [0.15, 0.2) is 0 Å². The van der Waals surface area contributed by atoms with Crippen LogP contribution in [0.15, 0.2) is 18.2 Å². The maximum atomic E-state index is 13.0. The lowest BCUT2D eigenvalue weighted by atomic mass is 10.1. The fraction of sp³-hybridized carbons (Fsp3) is 0.462. The first kappa shape index (κ1) is 13.6. The van der Waals surface area contributed by atoms with E-state index in [9.17, 15) is 13.6 Å². The van der Waals surface area contributed by atoms with Crippen LogP contribution >= 0.6 is 0 Å². The highest BCUT2D eigenvalue weighted by Gasteiger charge is 2.15. The molecule has 0 spiro atoms. The summed E-state index contributed by atoms with van der Waals surface area (Å²) < 4.78 is 26.0. The Labute approximate surface area is 100 Å². The maximum Gasteiger partial charge on any atom is 0.254 e. The molecular weight excluding hydrogens is 224 g/mol. The molecule has 0 fully saturated rings. The molecule has 0 unspecified atom stereocenters. The van der Waals surface area contributed by atoms with Gasteiger partial charge in [0.2, 0.25) is 0 Å². The van der Waals surface area contributed by atoms with Crippen molar-refractivity contribution in [2.45, 2.75) is 26.7 Å². The van der Waals surface area contributed by atoms with Crippen molar-refractivity contribution in [3.63, 3.8) is 0 Å². The average molecular weight is 241 g/mol. The van der Waals surface area contributed by atoms with Gasteiger partial charge in [-0.1, -0.05) is 13.8 Å². The first-order valence-electron chi connectivity index (χ1n) is 5.83. The molecule has 2 nitrogen and oxygen atoms in total. The molecule has 0 radical (unpaired) electrons. The van der Waals surface area contributed by atoms with E-state index in [-0.39, 0.29) is 11.5 Å². The quantitative estimate of drug-likeness (QED) is 0.775. The third kappa shape index (κ3) is 3.80. The average Bonchev–Trinajstić information content (AvgIpc) is 2.26. The van der Waals surface area contributed by atoms with Crippen LogP contribution in [0, 0.1) is 11.6 Å². The van der Waals surface area contributed by atoms with Crippen LogP contribution in [0.25, 0.3) is 0 Å². The van der Waals surface area contributed by atoms with Gasteiger partial charge in [0.05, 0.1) is 0 Å². The Bertz CT molecular complexity index is 367. The number of benzene rings is 1. The SMILES string of the molecule is CCCN(CCC)C(=O)c1cc(F)cc(F)c1. The molecule has 0 heterocycles. The van der Waals surface area contributed by atoms with Crippen LogP contribution in [-0.4, -0.2) is 23.9 Å². The van der Waals surface area contributed by atoms with Gasteiger partial charge in [-0.05, 0) is 25.0 Å². The summed E-state index contributed by atoms with van der Waals surface area (Å²) in [6.45, 7) is 5.12. The molecule has 17 heavy (non-hydrogen) atoms. The minimum Gasteiger partial charge on any atom is -0.339 e. The van der Waals surface area contributed by atoms with Crippen molar-refractivity contribution >= 4 is 5.91 Å². The lowest BCUT2D eigenvalue weighted by molar-refractivity contribution is 0.0754. The molecule has 0 bridgehead atoms. The van der Waals surface area contributed by atoms with Crippen molar-refractivity contribution in [2.24, 2.45) is 0 Å². The predicted octanol–water partition coefficient (Wildman–Crippen LogP) is 3.23. The summed E-state index contributed by atoms with van der Waals surface area (Å²) in [7, 11) is 0. The van der Waals surface area contributed by atoms with E-state index in [2.05, 4.69) is 0 Å². The van der Waals surface area contributed by atoms with Crippen molar-refractivity contribution in [2.75, 3.05) is 13.1 Å². The zero-order chi connectivity index (χ0) is 12.8. The van der Waals surface area contributed by atoms with Crippen LogP contribution in [-0.2, 0) is 0 Å². The lowest BCUT2D eigenvalue weighted by Gasteiger charge is -2.21. The number of carbonyl (C=O) groups is 1. The van der Waals surface area contributed by atoms with Crippen LogP contribution in [0.5, 0.6) is 0 Å². The first-order chi connectivity index (χ1) is 8.08. The summed E-state index contributed by atoms with van der Waals surface area (Å²) in [4.78, 5) is 13.6. The van der Waals surface area contributed by atoms with E-state index in [0.717, 1.165) is 31.0 Å². The Morgan fingerprint density at radius 1 is 1.06 bits per heavy atom. The molecule has 0 N–H and O–H groups in total. The van der Waals surface area contributed by atoms with Crippen LogP contribution in [0.2, 0.25) is 0 Å². The Hall–Kier alpha value is -1.45. The molecule has 0 saturated carbocycles. The van der Waals surface area contributed by atoms with Gasteiger partial charge < -0.3 is 4.90 Å². The van der Waals surface area contributed by atoms with Gasteiger partial charge in [-0.25, -0.2) is 8.78 Å². The van der Waals surface area contributed by atoms with E-state index in [4.69, 9.17) is 0 Å². The molecule has 0 atom stereocenters. The standard InChI is InChI=1S/C13H17F2NO/c1-3-5-16(6-4-2)13(17)10-7-11(14)9-12(15)8-10/h7-9H,3-6H2,1-2H3. The van der Waals surface area contributed by atoms with Gasteiger partial charge in [0.1, 0.15) is 11.6 Å². The third-order valence-corrected chi connectivity index (χ3v) is 2.38. The van der Waals surface area contributed by atoms with Gasteiger partial charge in [-0.15, -0.1) is 0 Å². The second-order valence-corrected chi connectivity index (χ2v) is 3.95. The molecule has 94 valence electrons. The molecule has 0 aliphatic heterocycles. The minimum absolute atomic E-state index is 0.0735. The van der Waals surface area contributed by atoms with E-state index >= 15 is 0 Å². The monoisotopic (exact) mass is 241 g/mol. The largest absolute Gasteiger partial charge is 0.339 e. The zero-order valence-electron chi connectivity index (χ0n) is 10.2. The van der Waals surface area contributed by atoms with Gasteiger partial charge in [-0.3, -0.25) is 4.79 Å². The number of carbonyl (C=O) groups excluding carboxylic acids is 1. The topological polar surface area (TPSA) is 20.3 Å². The summed E-state index contributed by atoms with van der Waals surface area (Å²) in [5, 5.41) is 0. The van der Waals surface area contributed by atoms with Gasteiger partial charge >= 0.3 is 0 Å². The molecule has 0 aliphatic carbocycles. The van der Waals surface area contributed by atoms with Crippen molar-refractivity contribution < 1.29 is 13.6 Å². The zero-order valence-corrected chi connectivity index (χ0v) is 10.2. The second kappa shape index (κ2) is 6.33. The Morgan fingerprint density at radius 3 is 1.94 bits per heavy atom. The molecule has 1 aromatic rings. The van der Waals surface area contributed by atoms with Crippen molar-refractivity contribution in [1.82, 2.24) is 4.90 Å². The van der Waals surface area contributed by atoms with Crippen molar-refractivity contribution in [3.8, 4) is 0 Å². The predicted molar refractivity (Wildman–Crippen MR) is 62.8 cm³/mol. The minimum atomic E-state index is -0.721. The number of amides is 1. The van der Waals surface area contributed by atoms with Crippen LogP contribution in [0.1, 0.15) is 37.0 Å². The van der Waals surface area contributed by atoms with E-state index in [0.29, 0.717) is 13.1 Å². The molecular formula is C13H17F2NO. The normalized spacial score (nSPS) is 10.4. The van der Waals surface area contributed by atoms with E-state index < -0.39 is 11.6 Å². The first-order valence-corrected chi connectivity index (χ1v) is 5.83. The molecule has 1 aromatic carbocycles. The fourth-order valence-corrected chi connectivity index (χ4v) is 1.71. The maximum absolute atomic E-state index is 13.0. The molecule has 0 aromatic heterocycles. The lowest BCUT2D eigenvalue weighted by Crippen LogP contribution is -2.32. The molecule has 1 amide bonds. The van der Waals surface area contributed by atoms with E-state index in [1.807, 2.05) is 13.8 Å². The van der Waals surface area contributed by atoms with Crippen LogP contribution < -0.4 is 0 Å². The van der Waals surface area contributed by atoms with Crippen LogP contribution in [0.3, 0.4) is 0 Å². The molecule has 0 aliphatic rings. The second-order valence-electron chi connectivity index (χ2n) is 3.95. The Kier molecular flexibility index (Phi) is 5.07. The number of nitrogens with zero attached hydrogens (tertiary/aromatic N) is 1. The summed E-state index contributed by atoms with van der Waals surface area (Å²) in [5.74, 6) is -1.75. The highest BCUT2D eigenvalue weighted by molar-refractivity contribution is 5.94. The highest BCUT2D eigenvalue weighted by Crippen LogP contribution is 2.11. The van der Waals surface area contributed by atoms with Gasteiger partial charge in [-0.2, -0.15) is 0 Å². The smallest absolute Gasteiger partial charge is 0.254 e. The number of rotatable bonds is 5. The number of halogens is 2. The van der Waals surface area contributed by atoms with Crippen molar-refractivity contribution in [3.05, 3.63) is 35.4 Å². The van der Waals surface area contributed by atoms with Gasteiger partial charge in [0, 0.05) is 24.7 Å². The summed E-state index contributed by atoms with van der Waals surface area (Å²) >= 11 is 0.